The molecule has 1 unspecified atom stereocenters. The summed E-state index contributed by atoms with van der Waals surface area (Å²) in [6.45, 7) is 2.13. The first-order chi connectivity index (χ1) is 10.8. The van der Waals surface area contributed by atoms with Crippen molar-refractivity contribution in [1.82, 2.24) is 9.97 Å². The minimum atomic E-state index is -0.849. The predicted molar refractivity (Wildman–Crippen MR) is 83.0 cm³/mol. The van der Waals surface area contributed by atoms with E-state index >= 15 is 0 Å². The summed E-state index contributed by atoms with van der Waals surface area (Å²) in [6.07, 6.45) is 7.03. The SMILES string of the molecule is CCCCC1CC(c2ccccn2)(c2ccccn2)OC1=O. The monoisotopic (exact) mass is 296 g/mol. The first-order valence-electron chi connectivity index (χ1n) is 7.82. The van der Waals surface area contributed by atoms with Crippen LogP contribution in [0.3, 0.4) is 0 Å². The van der Waals surface area contributed by atoms with Crippen LogP contribution < -0.4 is 0 Å². The van der Waals surface area contributed by atoms with Crippen molar-refractivity contribution in [3.8, 4) is 0 Å². The Morgan fingerprint density at radius 2 is 1.77 bits per heavy atom. The minimum absolute atomic E-state index is 0.0797. The fourth-order valence-corrected chi connectivity index (χ4v) is 3.05. The average Bonchev–Trinajstić information content (AvgIpc) is 2.92. The first kappa shape index (κ1) is 14.7. The molecule has 0 spiro atoms. The Kier molecular flexibility index (Phi) is 4.18. The molecular formula is C18H20N2O2. The van der Waals surface area contributed by atoms with E-state index in [4.69, 9.17) is 4.74 Å². The van der Waals surface area contributed by atoms with Gasteiger partial charge in [-0.3, -0.25) is 14.8 Å². The van der Waals surface area contributed by atoms with Gasteiger partial charge in [-0.15, -0.1) is 0 Å². The van der Waals surface area contributed by atoms with Gasteiger partial charge in [0.25, 0.3) is 0 Å². The van der Waals surface area contributed by atoms with Crippen molar-refractivity contribution in [3.63, 3.8) is 0 Å². The Morgan fingerprint density at radius 3 is 2.27 bits per heavy atom. The van der Waals surface area contributed by atoms with E-state index in [9.17, 15) is 4.79 Å². The highest BCUT2D eigenvalue weighted by Crippen LogP contribution is 2.44. The van der Waals surface area contributed by atoms with Gasteiger partial charge in [-0.1, -0.05) is 31.9 Å². The molecule has 2 aromatic heterocycles. The standard InChI is InChI=1S/C18H20N2O2/c1-2-3-8-14-13-18(22-17(14)21,15-9-4-6-11-19-15)16-10-5-7-12-20-16/h4-7,9-12,14H,2-3,8,13H2,1H3. The summed E-state index contributed by atoms with van der Waals surface area (Å²) in [5.41, 5.74) is 0.653. The normalized spacial score (nSPS) is 19.9. The fraction of sp³-hybridized carbons (Fsp3) is 0.389. The van der Waals surface area contributed by atoms with E-state index in [0.29, 0.717) is 6.42 Å². The number of carbonyl (C=O) groups is 1. The van der Waals surface area contributed by atoms with E-state index in [1.807, 2.05) is 36.4 Å². The Balaban J connectivity index is 2.01. The van der Waals surface area contributed by atoms with E-state index < -0.39 is 5.60 Å². The number of rotatable bonds is 5. The summed E-state index contributed by atoms with van der Waals surface area (Å²) in [5.74, 6) is -0.214. The van der Waals surface area contributed by atoms with E-state index in [1.54, 1.807) is 12.4 Å². The molecule has 0 bridgehead atoms. The summed E-state index contributed by atoms with van der Waals surface area (Å²) in [4.78, 5) is 21.2. The molecule has 0 radical (unpaired) electrons. The molecule has 0 aromatic carbocycles. The van der Waals surface area contributed by atoms with Crippen molar-refractivity contribution in [3.05, 3.63) is 60.2 Å². The molecule has 0 aliphatic carbocycles. The van der Waals surface area contributed by atoms with Gasteiger partial charge in [-0.25, -0.2) is 0 Å². The van der Waals surface area contributed by atoms with Crippen LogP contribution >= 0.6 is 0 Å². The largest absolute Gasteiger partial charge is 0.446 e. The number of pyridine rings is 2. The smallest absolute Gasteiger partial charge is 0.310 e. The molecule has 1 aliphatic heterocycles. The molecular weight excluding hydrogens is 276 g/mol. The van der Waals surface area contributed by atoms with Gasteiger partial charge in [-0.2, -0.15) is 0 Å². The molecule has 3 heterocycles. The predicted octanol–water partition coefficient (Wildman–Crippen LogP) is 3.47. The third-order valence-electron chi connectivity index (χ3n) is 4.21. The van der Waals surface area contributed by atoms with E-state index in [2.05, 4.69) is 16.9 Å². The van der Waals surface area contributed by atoms with Crippen molar-refractivity contribution in [1.29, 1.82) is 0 Å². The number of unbranched alkanes of at least 4 members (excludes halogenated alkanes) is 1. The van der Waals surface area contributed by atoms with Crippen molar-refractivity contribution >= 4 is 5.97 Å². The molecule has 1 atom stereocenters. The van der Waals surface area contributed by atoms with E-state index in [1.165, 1.54) is 0 Å². The second kappa shape index (κ2) is 6.26. The molecule has 3 rings (SSSR count). The minimum Gasteiger partial charge on any atom is -0.446 e. The molecule has 0 N–H and O–H groups in total. The van der Waals surface area contributed by atoms with E-state index in [0.717, 1.165) is 30.7 Å². The van der Waals surface area contributed by atoms with Crippen LogP contribution in [-0.2, 0) is 15.1 Å². The highest BCUT2D eigenvalue weighted by Gasteiger charge is 2.50. The summed E-state index contributed by atoms with van der Waals surface area (Å²) in [6, 6.07) is 11.4. The van der Waals surface area contributed by atoms with Gasteiger partial charge < -0.3 is 4.74 Å². The van der Waals surface area contributed by atoms with E-state index in [-0.39, 0.29) is 11.9 Å². The molecule has 0 amide bonds. The van der Waals surface area contributed by atoms with Gasteiger partial charge in [0.15, 0.2) is 5.60 Å². The van der Waals surface area contributed by atoms with Gasteiger partial charge in [0.05, 0.1) is 17.3 Å². The maximum absolute atomic E-state index is 12.4. The number of hydrogen-bond acceptors (Lipinski definition) is 4. The van der Waals surface area contributed by atoms with Crippen molar-refractivity contribution in [2.24, 2.45) is 5.92 Å². The fourth-order valence-electron chi connectivity index (χ4n) is 3.05. The number of ether oxygens (including phenoxy) is 1. The van der Waals surface area contributed by atoms with Crippen molar-refractivity contribution in [2.45, 2.75) is 38.2 Å². The quantitative estimate of drug-likeness (QED) is 0.793. The summed E-state index contributed by atoms with van der Waals surface area (Å²) in [5, 5.41) is 0. The van der Waals surface area contributed by atoms with Crippen LogP contribution in [0.15, 0.2) is 48.8 Å². The van der Waals surface area contributed by atoms with Crippen molar-refractivity contribution in [2.75, 3.05) is 0 Å². The lowest BCUT2D eigenvalue weighted by Gasteiger charge is -2.26. The number of hydrogen-bond donors (Lipinski definition) is 0. The van der Waals surface area contributed by atoms with Gasteiger partial charge in [-0.05, 0) is 30.7 Å². The van der Waals surface area contributed by atoms with Crippen LogP contribution in [-0.4, -0.2) is 15.9 Å². The van der Waals surface area contributed by atoms with Gasteiger partial charge >= 0.3 is 5.97 Å². The molecule has 114 valence electrons. The first-order valence-corrected chi connectivity index (χ1v) is 7.82. The maximum atomic E-state index is 12.4. The molecule has 4 nitrogen and oxygen atoms in total. The molecule has 1 fully saturated rings. The van der Waals surface area contributed by atoms with Gasteiger partial charge in [0, 0.05) is 18.8 Å². The van der Waals surface area contributed by atoms with Crippen LogP contribution in [0.4, 0.5) is 0 Å². The summed E-state index contributed by atoms with van der Waals surface area (Å²) >= 11 is 0. The molecule has 2 aromatic rings. The highest BCUT2D eigenvalue weighted by atomic mass is 16.6. The van der Waals surface area contributed by atoms with Gasteiger partial charge in [0.1, 0.15) is 0 Å². The summed E-state index contributed by atoms with van der Waals surface area (Å²) < 4.78 is 5.87. The number of nitrogens with zero attached hydrogens (tertiary/aromatic N) is 2. The molecule has 22 heavy (non-hydrogen) atoms. The Hall–Kier alpha value is -2.23. The Bertz CT molecular complexity index is 589. The topological polar surface area (TPSA) is 52.1 Å². The maximum Gasteiger partial charge on any atom is 0.310 e. The lowest BCUT2D eigenvalue weighted by Crippen LogP contribution is -2.29. The second-order valence-corrected chi connectivity index (χ2v) is 5.72. The number of cyclic esters (lactones) is 1. The zero-order valence-corrected chi connectivity index (χ0v) is 12.7. The molecule has 1 saturated heterocycles. The Labute approximate surface area is 130 Å². The number of aromatic nitrogens is 2. The zero-order valence-electron chi connectivity index (χ0n) is 12.7. The van der Waals surface area contributed by atoms with Crippen LogP contribution in [0.1, 0.15) is 44.0 Å². The lowest BCUT2D eigenvalue weighted by molar-refractivity contribution is -0.149. The average molecular weight is 296 g/mol. The van der Waals surface area contributed by atoms with Crippen LogP contribution in [0.25, 0.3) is 0 Å². The number of esters is 1. The third-order valence-corrected chi connectivity index (χ3v) is 4.21. The zero-order chi connectivity index (χ0) is 15.4. The van der Waals surface area contributed by atoms with Crippen LogP contribution in [0, 0.1) is 5.92 Å². The molecule has 4 heteroatoms. The Morgan fingerprint density at radius 1 is 1.14 bits per heavy atom. The molecule has 1 aliphatic rings. The second-order valence-electron chi connectivity index (χ2n) is 5.72. The third kappa shape index (κ3) is 2.61. The highest BCUT2D eigenvalue weighted by molar-refractivity contribution is 5.76. The lowest BCUT2D eigenvalue weighted by atomic mass is 9.85. The van der Waals surface area contributed by atoms with Crippen LogP contribution in [0.2, 0.25) is 0 Å². The number of carbonyl (C=O) groups excluding carboxylic acids is 1. The van der Waals surface area contributed by atoms with Crippen LogP contribution in [0.5, 0.6) is 0 Å². The van der Waals surface area contributed by atoms with Gasteiger partial charge in [0.2, 0.25) is 0 Å². The van der Waals surface area contributed by atoms with Crippen molar-refractivity contribution < 1.29 is 9.53 Å². The molecule has 0 saturated carbocycles. The summed E-state index contributed by atoms with van der Waals surface area (Å²) in [7, 11) is 0.